The topological polar surface area (TPSA) is 80.0 Å². The number of carbonyl (C=O) groups is 1. The fourth-order valence-electron chi connectivity index (χ4n) is 2.85. The minimum Gasteiger partial charge on any atom is -0.349 e. The normalized spacial score (nSPS) is 20.3. The third-order valence-corrected chi connectivity index (χ3v) is 4.07. The second kappa shape index (κ2) is 5.69. The van der Waals surface area contributed by atoms with Crippen molar-refractivity contribution >= 4 is 22.5 Å². The van der Waals surface area contributed by atoms with Crippen molar-refractivity contribution in [2.75, 3.05) is 5.43 Å². The lowest BCUT2D eigenvalue weighted by Gasteiger charge is -2.10. The molecule has 2 unspecified atom stereocenters. The summed E-state index contributed by atoms with van der Waals surface area (Å²) in [4.78, 5) is 16.7. The fourth-order valence-corrected chi connectivity index (χ4v) is 2.85. The van der Waals surface area contributed by atoms with Gasteiger partial charge in [0.25, 0.3) is 5.91 Å². The van der Waals surface area contributed by atoms with Gasteiger partial charge in [-0.05, 0) is 24.1 Å². The predicted octanol–water partition coefficient (Wildman–Crippen LogP) is 2.44. The second-order valence-corrected chi connectivity index (χ2v) is 5.57. The Morgan fingerprint density at radius 2 is 2.14 bits per heavy atom. The van der Waals surface area contributed by atoms with Crippen molar-refractivity contribution in [3.63, 3.8) is 0 Å². The molecule has 1 aliphatic carbocycles. The SMILES string of the molecule is CCCC1CC1NC(=O)c1cnc(NN)c2ccccc12. The Bertz CT molecular complexity index is 670. The number of carbonyl (C=O) groups excluding carboxylic acids is 1. The number of hydrazine groups is 1. The van der Waals surface area contributed by atoms with Crippen LogP contribution in [0, 0.1) is 5.92 Å². The van der Waals surface area contributed by atoms with Crippen molar-refractivity contribution in [3.05, 3.63) is 36.0 Å². The molecular weight excluding hydrogens is 264 g/mol. The Morgan fingerprint density at radius 3 is 2.86 bits per heavy atom. The van der Waals surface area contributed by atoms with E-state index >= 15 is 0 Å². The summed E-state index contributed by atoms with van der Waals surface area (Å²) < 4.78 is 0. The smallest absolute Gasteiger partial charge is 0.253 e. The zero-order chi connectivity index (χ0) is 14.8. The average molecular weight is 284 g/mol. The van der Waals surface area contributed by atoms with E-state index in [-0.39, 0.29) is 5.91 Å². The van der Waals surface area contributed by atoms with Gasteiger partial charge in [0.2, 0.25) is 0 Å². The van der Waals surface area contributed by atoms with Crippen LogP contribution in [0.1, 0.15) is 36.5 Å². The van der Waals surface area contributed by atoms with Crippen LogP contribution in [-0.2, 0) is 0 Å². The van der Waals surface area contributed by atoms with Crippen LogP contribution in [0.4, 0.5) is 5.82 Å². The van der Waals surface area contributed by atoms with Crippen LogP contribution in [0.3, 0.4) is 0 Å². The van der Waals surface area contributed by atoms with Crippen molar-refractivity contribution < 1.29 is 4.79 Å². The number of pyridine rings is 1. The molecular formula is C16H20N4O. The third-order valence-electron chi connectivity index (χ3n) is 4.07. The van der Waals surface area contributed by atoms with E-state index in [9.17, 15) is 4.79 Å². The van der Waals surface area contributed by atoms with Gasteiger partial charge >= 0.3 is 0 Å². The summed E-state index contributed by atoms with van der Waals surface area (Å²) in [7, 11) is 0. The van der Waals surface area contributed by atoms with Crippen LogP contribution >= 0.6 is 0 Å². The lowest BCUT2D eigenvalue weighted by Crippen LogP contribution is -2.27. The van der Waals surface area contributed by atoms with Crippen molar-refractivity contribution in [3.8, 4) is 0 Å². The Hall–Kier alpha value is -2.14. The van der Waals surface area contributed by atoms with Gasteiger partial charge in [-0.25, -0.2) is 10.8 Å². The molecule has 1 saturated carbocycles. The molecule has 5 heteroatoms. The highest BCUT2D eigenvalue weighted by atomic mass is 16.1. The molecule has 1 aliphatic rings. The molecule has 21 heavy (non-hydrogen) atoms. The number of anilines is 1. The first-order valence-corrected chi connectivity index (χ1v) is 7.39. The first kappa shape index (κ1) is 13.8. The molecule has 2 aromatic rings. The highest BCUT2D eigenvalue weighted by Gasteiger charge is 2.37. The fraction of sp³-hybridized carbons (Fsp3) is 0.375. The zero-order valence-corrected chi connectivity index (χ0v) is 12.1. The number of nitrogens with two attached hydrogens (primary N) is 1. The lowest BCUT2D eigenvalue weighted by atomic mass is 10.1. The number of benzene rings is 1. The van der Waals surface area contributed by atoms with Crippen LogP contribution in [0.25, 0.3) is 10.8 Å². The summed E-state index contributed by atoms with van der Waals surface area (Å²) in [6.45, 7) is 2.17. The summed E-state index contributed by atoms with van der Waals surface area (Å²) in [6.07, 6.45) is 5.02. The van der Waals surface area contributed by atoms with E-state index in [1.165, 1.54) is 12.8 Å². The van der Waals surface area contributed by atoms with E-state index in [4.69, 9.17) is 5.84 Å². The summed E-state index contributed by atoms with van der Waals surface area (Å²) in [5.41, 5.74) is 3.17. The number of nitrogens with one attached hydrogen (secondary N) is 2. The summed E-state index contributed by atoms with van der Waals surface area (Å²) in [5.74, 6) is 6.64. The Kier molecular flexibility index (Phi) is 3.75. The first-order valence-electron chi connectivity index (χ1n) is 7.39. The summed E-state index contributed by atoms with van der Waals surface area (Å²) in [6, 6.07) is 7.97. The van der Waals surface area contributed by atoms with Gasteiger partial charge in [0.1, 0.15) is 5.82 Å². The maximum atomic E-state index is 12.5. The summed E-state index contributed by atoms with van der Waals surface area (Å²) >= 11 is 0. The number of nitrogen functional groups attached to an aromatic ring is 1. The molecule has 2 atom stereocenters. The molecule has 1 heterocycles. The first-order chi connectivity index (χ1) is 10.2. The van der Waals surface area contributed by atoms with Crippen molar-refractivity contribution in [1.29, 1.82) is 0 Å². The number of amides is 1. The van der Waals surface area contributed by atoms with Crippen LogP contribution < -0.4 is 16.6 Å². The van der Waals surface area contributed by atoms with E-state index in [2.05, 4.69) is 22.7 Å². The average Bonchev–Trinajstić information content (AvgIpc) is 3.24. The third kappa shape index (κ3) is 2.69. The van der Waals surface area contributed by atoms with E-state index in [0.717, 1.165) is 17.2 Å². The number of hydrogen-bond acceptors (Lipinski definition) is 4. The molecule has 1 fully saturated rings. The van der Waals surface area contributed by atoms with Crippen LogP contribution in [0.5, 0.6) is 0 Å². The summed E-state index contributed by atoms with van der Waals surface area (Å²) in [5, 5.41) is 4.83. The zero-order valence-electron chi connectivity index (χ0n) is 12.1. The lowest BCUT2D eigenvalue weighted by molar-refractivity contribution is 0.0950. The number of rotatable bonds is 5. The Balaban J connectivity index is 1.85. The Morgan fingerprint density at radius 1 is 1.38 bits per heavy atom. The molecule has 0 radical (unpaired) electrons. The van der Waals surface area contributed by atoms with E-state index in [1.54, 1.807) is 6.20 Å². The standard InChI is InChI=1S/C16H20N4O/c1-2-5-10-8-14(10)19-16(21)13-9-18-15(20-17)12-7-4-3-6-11(12)13/h3-4,6-7,9-10,14H,2,5,8,17H2,1H3,(H,18,20)(H,19,21). The Labute approximate surface area is 123 Å². The predicted molar refractivity (Wildman–Crippen MR) is 83.8 cm³/mol. The second-order valence-electron chi connectivity index (χ2n) is 5.57. The van der Waals surface area contributed by atoms with Crippen molar-refractivity contribution in [1.82, 2.24) is 10.3 Å². The molecule has 0 saturated heterocycles. The molecule has 1 aromatic carbocycles. The molecule has 3 rings (SSSR count). The monoisotopic (exact) mass is 284 g/mol. The maximum Gasteiger partial charge on any atom is 0.253 e. The molecule has 1 aromatic heterocycles. The van der Waals surface area contributed by atoms with Gasteiger partial charge in [0, 0.05) is 17.6 Å². The van der Waals surface area contributed by atoms with Gasteiger partial charge in [-0.15, -0.1) is 0 Å². The van der Waals surface area contributed by atoms with Gasteiger partial charge in [0.05, 0.1) is 5.56 Å². The van der Waals surface area contributed by atoms with Crippen molar-refractivity contribution in [2.45, 2.75) is 32.2 Å². The minimum absolute atomic E-state index is 0.0501. The van der Waals surface area contributed by atoms with Crippen LogP contribution in [-0.4, -0.2) is 16.9 Å². The molecule has 0 aliphatic heterocycles. The maximum absolute atomic E-state index is 12.5. The number of fused-ring (bicyclic) bond motifs is 1. The highest BCUT2D eigenvalue weighted by Crippen LogP contribution is 2.35. The van der Waals surface area contributed by atoms with Gasteiger partial charge in [-0.3, -0.25) is 4.79 Å². The quantitative estimate of drug-likeness (QED) is 0.582. The van der Waals surface area contributed by atoms with E-state index in [1.807, 2.05) is 24.3 Å². The molecule has 4 N–H and O–H groups in total. The number of hydrogen-bond donors (Lipinski definition) is 3. The molecule has 0 bridgehead atoms. The van der Waals surface area contributed by atoms with Gasteiger partial charge in [-0.2, -0.15) is 0 Å². The highest BCUT2D eigenvalue weighted by molar-refractivity contribution is 6.09. The molecule has 5 nitrogen and oxygen atoms in total. The van der Waals surface area contributed by atoms with Gasteiger partial charge in [-0.1, -0.05) is 37.6 Å². The number of aromatic nitrogens is 1. The minimum atomic E-state index is -0.0501. The molecule has 0 spiro atoms. The van der Waals surface area contributed by atoms with Crippen LogP contribution in [0.15, 0.2) is 30.5 Å². The largest absolute Gasteiger partial charge is 0.349 e. The van der Waals surface area contributed by atoms with Crippen molar-refractivity contribution in [2.24, 2.45) is 11.8 Å². The number of nitrogens with zero attached hydrogens (tertiary/aromatic N) is 1. The van der Waals surface area contributed by atoms with Crippen LogP contribution in [0.2, 0.25) is 0 Å². The van der Waals surface area contributed by atoms with E-state index < -0.39 is 0 Å². The van der Waals surface area contributed by atoms with E-state index in [0.29, 0.717) is 23.3 Å². The van der Waals surface area contributed by atoms with Gasteiger partial charge in [0.15, 0.2) is 0 Å². The molecule has 1 amide bonds. The van der Waals surface area contributed by atoms with Gasteiger partial charge < -0.3 is 10.7 Å². The molecule has 110 valence electrons.